The smallest absolute Gasteiger partial charge is 0.152 e. The number of ether oxygens (including phenoxy) is 1. The van der Waals surface area contributed by atoms with E-state index in [0.29, 0.717) is 0 Å². The van der Waals surface area contributed by atoms with E-state index in [1.54, 1.807) is 0 Å². The van der Waals surface area contributed by atoms with Crippen molar-refractivity contribution in [2.45, 2.75) is 9.79 Å². The molecule has 0 fully saturated rings. The fraction of sp³-hybridized carbons (Fsp3) is 0. The van der Waals surface area contributed by atoms with Gasteiger partial charge in [0.15, 0.2) is 11.5 Å². The molecule has 8 nitrogen and oxygen atoms in total. The van der Waals surface area contributed by atoms with E-state index in [0.717, 1.165) is 102 Å². The van der Waals surface area contributed by atoms with Crippen molar-refractivity contribution in [2.24, 2.45) is 0 Å². The molecule has 0 amide bonds. The molecule has 28 rings (SSSR count). The van der Waals surface area contributed by atoms with Crippen LogP contribution in [0.25, 0.3) is 149 Å². The Balaban J connectivity index is 0.000000109. The lowest BCUT2D eigenvalue weighted by molar-refractivity contribution is 0.478. The van der Waals surface area contributed by atoms with Gasteiger partial charge in [-0.2, -0.15) is 0 Å². The standard InChI is InChI=1S/C48H33N3.C42H28N2O.C42H28N2S/c1-5-17-34(18-6-1)36-31-37(35-19-7-2-8-20-35)33-40(32-36)50-42-26-14-13-25-41(42)47-45(50)29-30-46-48(47)51(39-23-11-4-12-24-39)44-28-16-15-27-43(44)49(46)38-21-9-3-10-22-38;2*1-4-14-29(15-5-1)31-26-32(30-16-6-2-7-17-30)28-34(27-31)43-36-21-11-10-20-35(36)41-38(43)24-25-40-42(41)44(33-18-8-3-9-19-33)37-22-12-13-23-39(37)45-40/h1-33H;2*1-28H. The Kier molecular flexibility index (Phi) is 21.1. The van der Waals surface area contributed by atoms with Gasteiger partial charge in [-0.1, -0.05) is 358 Å². The summed E-state index contributed by atoms with van der Waals surface area (Å²) in [7, 11) is 0. The Labute approximate surface area is 822 Å². The van der Waals surface area contributed by atoms with Crippen LogP contribution in [0, 0.1) is 0 Å². The summed E-state index contributed by atoms with van der Waals surface area (Å²) in [5, 5.41) is 7.28. The summed E-state index contributed by atoms with van der Waals surface area (Å²) in [6, 6.07) is 194. The summed E-state index contributed by atoms with van der Waals surface area (Å²) < 4.78 is 13.9. The zero-order chi connectivity index (χ0) is 93.2. The van der Waals surface area contributed by atoms with Crippen LogP contribution in [0.15, 0.2) is 550 Å². The third-order valence-corrected chi connectivity index (χ3v) is 28.6. The highest BCUT2D eigenvalue weighted by Crippen LogP contribution is 2.61. The minimum atomic E-state index is 0.843. The highest BCUT2D eigenvalue weighted by atomic mass is 32.2. The predicted octanol–water partition coefficient (Wildman–Crippen LogP) is 37.1. The van der Waals surface area contributed by atoms with E-state index in [-0.39, 0.29) is 0 Å². The molecule has 3 aromatic heterocycles. The van der Waals surface area contributed by atoms with Crippen molar-refractivity contribution in [1.82, 2.24) is 13.7 Å². The topological polar surface area (TPSA) is 37.0 Å². The molecule has 0 saturated heterocycles. The van der Waals surface area contributed by atoms with E-state index in [9.17, 15) is 0 Å². The molecule has 0 unspecified atom stereocenters. The first-order chi connectivity index (χ1) is 70.0. The van der Waals surface area contributed by atoms with Gasteiger partial charge in [0.25, 0.3) is 0 Å². The van der Waals surface area contributed by atoms with Crippen LogP contribution in [0.2, 0.25) is 0 Å². The first kappa shape index (κ1) is 83.2. The van der Waals surface area contributed by atoms with Crippen molar-refractivity contribution in [3.05, 3.63) is 540 Å². The highest BCUT2D eigenvalue weighted by molar-refractivity contribution is 7.99. The summed E-state index contributed by atoms with van der Waals surface area (Å²) in [6.45, 7) is 0. The maximum atomic E-state index is 6.60. The van der Waals surface area contributed by atoms with Gasteiger partial charge in [-0.15, -0.1) is 0 Å². The largest absolute Gasteiger partial charge is 0.453 e. The van der Waals surface area contributed by atoms with Crippen LogP contribution >= 0.6 is 11.8 Å². The Hall–Kier alpha value is -18.4. The van der Waals surface area contributed by atoms with Gasteiger partial charge in [0.05, 0.1) is 78.6 Å². The molecule has 22 aromatic carbocycles. The van der Waals surface area contributed by atoms with E-state index < -0.39 is 0 Å². The fourth-order valence-electron chi connectivity index (χ4n) is 21.3. The van der Waals surface area contributed by atoms with Gasteiger partial charge in [-0.3, -0.25) is 0 Å². The average molecular weight is 1820 g/mol. The number of rotatable bonds is 13. The monoisotopic (exact) mass is 1820 g/mol. The molecule has 3 aliphatic rings. The van der Waals surface area contributed by atoms with Crippen LogP contribution in [0.5, 0.6) is 11.5 Å². The SMILES string of the molecule is c1ccc(-c2cc(-c3ccccc3)cc(-n3c4ccccc4c4c5c(ccc43)N(c3ccccc3)c3ccccc3N5c3ccccc3)c2)cc1.c1ccc(-c2cc(-c3ccccc3)cc(-n3c4ccccc4c4c5c(ccc43)Oc3ccccc3N5c3ccccc3)c2)cc1.c1ccc(-c2cc(-c3ccccc3)cc(-n3c4ccccc4c4c5c(ccc43)Sc3ccccc3N5c3ccccc3)c2)cc1. The van der Waals surface area contributed by atoms with Gasteiger partial charge in [-0.25, -0.2) is 0 Å². The van der Waals surface area contributed by atoms with Crippen molar-refractivity contribution >= 4 is 145 Å². The molecule has 0 atom stereocenters. The lowest BCUT2D eigenvalue weighted by Gasteiger charge is -2.40. The molecule has 6 heterocycles. The molecule has 0 N–H and O–H groups in total. The molecule has 0 bridgehead atoms. The van der Waals surface area contributed by atoms with Gasteiger partial charge < -0.3 is 38.0 Å². The Morgan fingerprint density at radius 3 is 0.816 bits per heavy atom. The van der Waals surface area contributed by atoms with E-state index in [2.05, 4.69) is 561 Å². The summed E-state index contributed by atoms with van der Waals surface area (Å²) in [5.41, 5.74) is 38.3. The Bertz CT molecular complexity index is 8520. The summed E-state index contributed by atoms with van der Waals surface area (Å²) in [6.07, 6.45) is 0. The number of para-hydroxylation sites is 12. The maximum Gasteiger partial charge on any atom is 0.152 e. The molecule has 0 saturated carbocycles. The third-order valence-electron chi connectivity index (χ3n) is 27.5. The molecule has 0 aliphatic carbocycles. The summed E-state index contributed by atoms with van der Waals surface area (Å²) in [5.74, 6) is 1.69. The molecule has 664 valence electrons. The van der Waals surface area contributed by atoms with E-state index in [4.69, 9.17) is 4.74 Å². The number of anilines is 12. The number of fused-ring (bicyclic) bond motifs is 18. The normalized spacial score (nSPS) is 12.2. The molecule has 9 heteroatoms. The number of hydrogen-bond acceptors (Lipinski definition) is 6. The van der Waals surface area contributed by atoms with Crippen molar-refractivity contribution in [3.8, 4) is 95.3 Å². The van der Waals surface area contributed by atoms with Gasteiger partial charge in [0.1, 0.15) is 0 Å². The minimum Gasteiger partial charge on any atom is -0.453 e. The fourth-order valence-corrected chi connectivity index (χ4v) is 22.4. The quantitative estimate of drug-likeness (QED) is 0.115. The van der Waals surface area contributed by atoms with Crippen LogP contribution in [0.1, 0.15) is 0 Å². The van der Waals surface area contributed by atoms with Crippen LogP contribution in [0.3, 0.4) is 0 Å². The van der Waals surface area contributed by atoms with Crippen molar-refractivity contribution in [1.29, 1.82) is 0 Å². The number of benzene rings is 22. The van der Waals surface area contributed by atoms with Crippen molar-refractivity contribution in [3.63, 3.8) is 0 Å². The molecular weight excluding hydrogens is 1730 g/mol. The Morgan fingerprint density at radius 2 is 0.426 bits per heavy atom. The minimum absolute atomic E-state index is 0.843. The lowest BCUT2D eigenvalue weighted by Crippen LogP contribution is -2.24. The molecule has 3 aliphatic heterocycles. The van der Waals surface area contributed by atoms with Crippen LogP contribution < -0.4 is 24.3 Å². The van der Waals surface area contributed by atoms with Crippen LogP contribution in [-0.2, 0) is 0 Å². The van der Waals surface area contributed by atoms with Crippen LogP contribution in [-0.4, -0.2) is 13.7 Å². The van der Waals surface area contributed by atoms with E-state index in [1.165, 1.54) is 137 Å². The first-order valence-electron chi connectivity index (χ1n) is 48.0. The second-order valence-corrected chi connectivity index (χ2v) is 36.9. The zero-order valence-electron chi connectivity index (χ0n) is 76.8. The van der Waals surface area contributed by atoms with Crippen molar-refractivity contribution in [2.75, 3.05) is 19.6 Å². The van der Waals surface area contributed by atoms with E-state index in [1.807, 2.05) is 23.9 Å². The molecule has 0 radical (unpaired) electrons. The number of nitrogens with zero attached hydrogens (tertiary/aromatic N) is 7. The summed E-state index contributed by atoms with van der Waals surface area (Å²) >= 11 is 1.86. The molecule has 25 aromatic rings. The van der Waals surface area contributed by atoms with Crippen LogP contribution in [0.4, 0.5) is 68.2 Å². The van der Waals surface area contributed by atoms with E-state index >= 15 is 0 Å². The summed E-state index contributed by atoms with van der Waals surface area (Å²) in [4.78, 5) is 12.2. The molecule has 141 heavy (non-hydrogen) atoms. The second-order valence-electron chi connectivity index (χ2n) is 35.8. The maximum absolute atomic E-state index is 6.60. The Morgan fingerprint density at radius 1 is 0.149 bits per heavy atom. The third kappa shape index (κ3) is 14.8. The lowest BCUT2D eigenvalue weighted by atomic mass is 9.98. The second kappa shape index (κ2) is 35.7. The predicted molar refractivity (Wildman–Crippen MR) is 591 cm³/mol. The first-order valence-corrected chi connectivity index (χ1v) is 48.8. The number of hydrogen-bond donors (Lipinski definition) is 0. The zero-order valence-corrected chi connectivity index (χ0v) is 77.6. The van der Waals surface area contributed by atoms with Gasteiger partial charge in [0, 0.05) is 81.9 Å². The van der Waals surface area contributed by atoms with Gasteiger partial charge >= 0.3 is 0 Å². The number of aromatic nitrogens is 3. The molecular formula is C132H89N7OS. The average Bonchev–Trinajstić information content (AvgIpc) is 1.60. The van der Waals surface area contributed by atoms with Crippen molar-refractivity contribution < 1.29 is 4.74 Å². The molecule has 0 spiro atoms. The highest BCUT2D eigenvalue weighted by Gasteiger charge is 2.37. The van der Waals surface area contributed by atoms with Gasteiger partial charge in [-0.05, 0) is 261 Å². The van der Waals surface area contributed by atoms with Gasteiger partial charge in [0.2, 0.25) is 0 Å².